The van der Waals surface area contributed by atoms with Crippen LogP contribution in [0.2, 0.25) is 0 Å². The maximum atomic E-state index is 10.9. The number of carbonyl (C=O) groups excluding carboxylic acids is 1. The lowest BCUT2D eigenvalue weighted by atomic mass is 10.0. The summed E-state index contributed by atoms with van der Waals surface area (Å²) in [4.78, 5) is 15.3. The fourth-order valence-corrected chi connectivity index (χ4v) is 2.99. The van der Waals surface area contributed by atoms with E-state index in [1.54, 1.807) is 11.7 Å². The molecular formula is C22H24N2O3. The number of amides is 1. The Hall–Kier alpha value is -2.92. The van der Waals surface area contributed by atoms with Gasteiger partial charge in [-0.3, -0.25) is 10.0 Å². The van der Waals surface area contributed by atoms with Crippen LogP contribution in [0.4, 0.5) is 0 Å². The van der Waals surface area contributed by atoms with Gasteiger partial charge in [0.15, 0.2) is 0 Å². The van der Waals surface area contributed by atoms with Crippen LogP contribution in [0.1, 0.15) is 37.9 Å². The van der Waals surface area contributed by atoms with E-state index >= 15 is 0 Å². The standard InChI is InChI=1S/C22H24N2O3/c25-21(24-26)11-7-2-1-6-10-20-16-23-22(27-20)19-14-12-18(13-15-19)17-8-4-3-5-9-17/h3-5,8-9,12-16,26H,1-2,6-7,10-11H2,(H,24,25). The average Bonchev–Trinajstić information content (AvgIpc) is 3.20. The summed E-state index contributed by atoms with van der Waals surface area (Å²) in [5.41, 5.74) is 4.98. The zero-order valence-electron chi connectivity index (χ0n) is 15.2. The Morgan fingerprint density at radius 1 is 0.889 bits per heavy atom. The van der Waals surface area contributed by atoms with Crippen molar-refractivity contribution >= 4 is 5.91 Å². The Balaban J connectivity index is 1.48. The molecule has 1 amide bonds. The molecule has 0 fully saturated rings. The Labute approximate surface area is 159 Å². The molecule has 0 atom stereocenters. The van der Waals surface area contributed by atoms with E-state index < -0.39 is 0 Å². The summed E-state index contributed by atoms with van der Waals surface area (Å²) in [7, 11) is 0. The maximum Gasteiger partial charge on any atom is 0.243 e. The van der Waals surface area contributed by atoms with Gasteiger partial charge in [-0.15, -0.1) is 0 Å². The number of aromatic nitrogens is 1. The van der Waals surface area contributed by atoms with Crippen LogP contribution in [-0.2, 0) is 11.2 Å². The highest BCUT2D eigenvalue weighted by Crippen LogP contribution is 2.25. The predicted molar refractivity (Wildman–Crippen MR) is 104 cm³/mol. The lowest BCUT2D eigenvalue weighted by molar-refractivity contribution is -0.129. The summed E-state index contributed by atoms with van der Waals surface area (Å²) in [6.45, 7) is 0. The monoisotopic (exact) mass is 364 g/mol. The molecular weight excluding hydrogens is 340 g/mol. The smallest absolute Gasteiger partial charge is 0.243 e. The van der Waals surface area contributed by atoms with Gasteiger partial charge in [0.05, 0.1) is 6.20 Å². The molecule has 3 rings (SSSR count). The number of benzene rings is 2. The molecule has 0 aliphatic heterocycles. The molecule has 3 aromatic rings. The number of carbonyl (C=O) groups is 1. The highest BCUT2D eigenvalue weighted by Gasteiger charge is 2.07. The van der Waals surface area contributed by atoms with Crippen LogP contribution in [0.25, 0.3) is 22.6 Å². The Bertz CT molecular complexity index is 842. The van der Waals surface area contributed by atoms with Gasteiger partial charge < -0.3 is 4.42 Å². The largest absolute Gasteiger partial charge is 0.441 e. The van der Waals surface area contributed by atoms with Crippen LogP contribution in [-0.4, -0.2) is 16.1 Å². The molecule has 0 aliphatic rings. The summed E-state index contributed by atoms with van der Waals surface area (Å²) < 4.78 is 5.87. The second-order valence-electron chi connectivity index (χ2n) is 6.52. The van der Waals surface area contributed by atoms with Crippen LogP contribution >= 0.6 is 0 Å². The quantitative estimate of drug-likeness (QED) is 0.318. The number of oxazole rings is 1. The van der Waals surface area contributed by atoms with Gasteiger partial charge in [-0.05, 0) is 36.1 Å². The zero-order chi connectivity index (χ0) is 18.9. The van der Waals surface area contributed by atoms with Crippen molar-refractivity contribution in [1.82, 2.24) is 10.5 Å². The van der Waals surface area contributed by atoms with Gasteiger partial charge in [0.25, 0.3) is 0 Å². The Morgan fingerprint density at radius 2 is 1.56 bits per heavy atom. The van der Waals surface area contributed by atoms with Crippen molar-refractivity contribution in [3.05, 3.63) is 66.6 Å². The van der Waals surface area contributed by atoms with Crippen molar-refractivity contribution in [3.63, 3.8) is 0 Å². The molecule has 5 nitrogen and oxygen atoms in total. The third-order valence-electron chi connectivity index (χ3n) is 4.49. The first-order valence-electron chi connectivity index (χ1n) is 9.30. The minimum atomic E-state index is -0.326. The Kier molecular flexibility index (Phi) is 6.77. The van der Waals surface area contributed by atoms with Gasteiger partial charge in [0, 0.05) is 18.4 Å². The van der Waals surface area contributed by atoms with Crippen LogP contribution in [0.3, 0.4) is 0 Å². The van der Waals surface area contributed by atoms with Crippen molar-refractivity contribution < 1.29 is 14.4 Å². The Morgan fingerprint density at radius 3 is 2.30 bits per heavy atom. The fourth-order valence-electron chi connectivity index (χ4n) is 2.99. The molecule has 0 spiro atoms. The third kappa shape index (κ3) is 5.53. The lowest BCUT2D eigenvalue weighted by Crippen LogP contribution is -2.17. The maximum absolute atomic E-state index is 10.9. The fraction of sp³-hybridized carbons (Fsp3) is 0.273. The first-order valence-corrected chi connectivity index (χ1v) is 9.30. The number of nitrogens with one attached hydrogen (secondary N) is 1. The molecule has 2 aromatic carbocycles. The van der Waals surface area contributed by atoms with Gasteiger partial charge in [-0.1, -0.05) is 55.3 Å². The van der Waals surface area contributed by atoms with E-state index in [-0.39, 0.29) is 5.91 Å². The summed E-state index contributed by atoms with van der Waals surface area (Å²) >= 11 is 0. The van der Waals surface area contributed by atoms with Crippen molar-refractivity contribution in [1.29, 1.82) is 0 Å². The molecule has 0 unspecified atom stereocenters. The average molecular weight is 364 g/mol. The molecule has 1 heterocycles. The van der Waals surface area contributed by atoms with E-state index in [4.69, 9.17) is 9.62 Å². The van der Waals surface area contributed by atoms with E-state index in [0.717, 1.165) is 43.4 Å². The first kappa shape index (κ1) is 18.9. The number of rotatable bonds is 9. The van der Waals surface area contributed by atoms with Gasteiger partial charge >= 0.3 is 0 Å². The molecule has 0 saturated carbocycles. The molecule has 140 valence electrons. The number of nitrogens with zero attached hydrogens (tertiary/aromatic N) is 1. The van der Waals surface area contributed by atoms with Crippen molar-refractivity contribution in [2.45, 2.75) is 38.5 Å². The first-order chi connectivity index (χ1) is 13.3. The van der Waals surface area contributed by atoms with E-state index in [1.807, 2.05) is 30.3 Å². The molecule has 27 heavy (non-hydrogen) atoms. The van der Waals surface area contributed by atoms with Gasteiger partial charge in [-0.2, -0.15) is 0 Å². The second-order valence-corrected chi connectivity index (χ2v) is 6.52. The van der Waals surface area contributed by atoms with Crippen LogP contribution in [0, 0.1) is 0 Å². The molecule has 0 saturated heterocycles. The number of hydroxylamine groups is 1. The van der Waals surface area contributed by atoms with Crippen molar-refractivity contribution in [3.8, 4) is 22.6 Å². The topological polar surface area (TPSA) is 75.4 Å². The summed E-state index contributed by atoms with van der Waals surface area (Å²) in [6, 6.07) is 18.5. The normalized spacial score (nSPS) is 10.7. The van der Waals surface area contributed by atoms with Crippen LogP contribution < -0.4 is 5.48 Å². The summed E-state index contributed by atoms with van der Waals surface area (Å²) in [5, 5.41) is 8.44. The third-order valence-corrected chi connectivity index (χ3v) is 4.49. The second kappa shape index (κ2) is 9.69. The van der Waals surface area contributed by atoms with E-state index in [2.05, 4.69) is 29.2 Å². The molecule has 0 radical (unpaired) electrons. The molecule has 1 aromatic heterocycles. The highest BCUT2D eigenvalue weighted by molar-refractivity contribution is 5.74. The van der Waals surface area contributed by atoms with Crippen molar-refractivity contribution in [2.75, 3.05) is 0 Å². The molecule has 5 heteroatoms. The minimum Gasteiger partial charge on any atom is -0.441 e. The number of aryl methyl sites for hydroxylation is 1. The minimum absolute atomic E-state index is 0.326. The molecule has 0 aliphatic carbocycles. The number of unbranched alkanes of at least 4 members (excludes halogenated alkanes) is 3. The van der Waals surface area contributed by atoms with Gasteiger partial charge in [-0.25, -0.2) is 10.5 Å². The van der Waals surface area contributed by atoms with E-state index in [1.165, 1.54) is 11.1 Å². The number of hydrogen-bond acceptors (Lipinski definition) is 4. The van der Waals surface area contributed by atoms with Crippen LogP contribution in [0.5, 0.6) is 0 Å². The van der Waals surface area contributed by atoms with E-state index in [9.17, 15) is 4.79 Å². The van der Waals surface area contributed by atoms with Gasteiger partial charge in [0.2, 0.25) is 11.8 Å². The number of hydrogen-bond donors (Lipinski definition) is 2. The molecule has 0 bridgehead atoms. The SMILES string of the molecule is O=C(CCCCCCc1cnc(-c2ccc(-c3ccccc3)cc2)o1)NO. The summed E-state index contributed by atoms with van der Waals surface area (Å²) in [5.74, 6) is 1.20. The van der Waals surface area contributed by atoms with Crippen molar-refractivity contribution in [2.24, 2.45) is 0 Å². The molecule has 2 N–H and O–H groups in total. The zero-order valence-corrected chi connectivity index (χ0v) is 15.2. The van der Waals surface area contributed by atoms with Crippen LogP contribution in [0.15, 0.2) is 65.2 Å². The summed E-state index contributed by atoms with van der Waals surface area (Å²) in [6.07, 6.45) is 6.73. The predicted octanol–water partition coefficient (Wildman–Crippen LogP) is 5.01. The van der Waals surface area contributed by atoms with Gasteiger partial charge in [0.1, 0.15) is 5.76 Å². The lowest BCUT2D eigenvalue weighted by Gasteiger charge is -2.02. The van der Waals surface area contributed by atoms with E-state index in [0.29, 0.717) is 12.3 Å². The highest BCUT2D eigenvalue weighted by atomic mass is 16.5.